The third kappa shape index (κ3) is 7.93. The van der Waals surface area contributed by atoms with E-state index in [0.717, 1.165) is 50.8 Å². The molecule has 7 aromatic rings. The Morgan fingerprint density at radius 2 is 0.633 bits per heavy atom. The molecule has 0 saturated carbocycles. The lowest BCUT2D eigenvalue weighted by Gasteiger charge is -2.25. The first-order valence-electron chi connectivity index (χ1n) is 16.6. The second-order valence-electron chi connectivity index (χ2n) is 11.7. The Labute approximate surface area is 289 Å². The van der Waals surface area contributed by atoms with Crippen molar-refractivity contribution >= 4 is 52.5 Å². The number of rotatable bonds is 11. The summed E-state index contributed by atoms with van der Waals surface area (Å²) in [6, 6.07) is 67.7. The fourth-order valence-electron chi connectivity index (χ4n) is 5.83. The second kappa shape index (κ2) is 15.4. The Kier molecular flexibility index (Phi) is 9.81. The summed E-state index contributed by atoms with van der Waals surface area (Å²) in [4.78, 5) is 9.27. The van der Waals surface area contributed by atoms with E-state index >= 15 is 0 Å². The SMILES string of the molecule is C(=Cc1ccc(N(c2ccccc2)c2ccccc2)cc1)c1ccc(CN=Cc2ccc(N(c3ccccc3)c3ccccc3)cc2)cc1. The molecule has 0 amide bonds. The van der Waals surface area contributed by atoms with Crippen LogP contribution in [0, 0.1) is 0 Å². The summed E-state index contributed by atoms with van der Waals surface area (Å²) in [5.41, 5.74) is 11.3. The third-order valence-corrected chi connectivity index (χ3v) is 8.32. The molecule has 0 bridgehead atoms. The van der Waals surface area contributed by atoms with Gasteiger partial charge >= 0.3 is 0 Å². The molecule has 7 aromatic carbocycles. The molecule has 3 nitrogen and oxygen atoms in total. The summed E-state index contributed by atoms with van der Waals surface area (Å²) in [6.45, 7) is 0.632. The van der Waals surface area contributed by atoms with Crippen LogP contribution in [-0.2, 0) is 6.54 Å². The van der Waals surface area contributed by atoms with Gasteiger partial charge in [-0.2, -0.15) is 0 Å². The van der Waals surface area contributed by atoms with Crippen molar-refractivity contribution in [1.82, 2.24) is 0 Å². The smallest absolute Gasteiger partial charge is 0.0639 e. The van der Waals surface area contributed by atoms with Crippen molar-refractivity contribution < 1.29 is 0 Å². The normalized spacial score (nSPS) is 11.2. The van der Waals surface area contributed by atoms with E-state index in [1.807, 2.05) is 30.5 Å². The fraction of sp³-hybridized carbons (Fsp3) is 0.0217. The minimum absolute atomic E-state index is 0.632. The number of hydrogen-bond donors (Lipinski definition) is 0. The highest BCUT2D eigenvalue weighted by molar-refractivity contribution is 5.83. The molecule has 0 aliphatic carbocycles. The average Bonchev–Trinajstić information content (AvgIpc) is 3.18. The van der Waals surface area contributed by atoms with E-state index in [-0.39, 0.29) is 0 Å². The van der Waals surface area contributed by atoms with Gasteiger partial charge in [-0.25, -0.2) is 0 Å². The van der Waals surface area contributed by atoms with Crippen LogP contribution in [0.1, 0.15) is 22.3 Å². The molecule has 0 radical (unpaired) electrons. The van der Waals surface area contributed by atoms with Crippen molar-refractivity contribution in [3.63, 3.8) is 0 Å². The predicted octanol–water partition coefficient (Wildman–Crippen LogP) is 12.4. The quantitative estimate of drug-likeness (QED) is 0.104. The van der Waals surface area contributed by atoms with Crippen LogP contribution in [0.5, 0.6) is 0 Å². The zero-order valence-corrected chi connectivity index (χ0v) is 27.3. The summed E-state index contributed by atoms with van der Waals surface area (Å²) in [6.07, 6.45) is 6.27. The van der Waals surface area contributed by atoms with Gasteiger partial charge in [-0.1, -0.05) is 133 Å². The van der Waals surface area contributed by atoms with Gasteiger partial charge < -0.3 is 9.80 Å². The maximum Gasteiger partial charge on any atom is 0.0639 e. The molecule has 0 fully saturated rings. The Morgan fingerprint density at radius 1 is 0.327 bits per heavy atom. The Bertz CT molecular complexity index is 2010. The van der Waals surface area contributed by atoms with Gasteiger partial charge in [0.25, 0.3) is 0 Å². The van der Waals surface area contributed by atoms with E-state index in [0.29, 0.717) is 6.54 Å². The molecule has 0 atom stereocenters. The van der Waals surface area contributed by atoms with Gasteiger partial charge in [-0.3, -0.25) is 4.99 Å². The number of hydrogen-bond acceptors (Lipinski definition) is 3. The molecular weight excluding hydrogens is 595 g/mol. The molecule has 0 spiro atoms. The maximum absolute atomic E-state index is 4.73. The number of anilines is 6. The molecule has 7 rings (SSSR count). The fourth-order valence-corrected chi connectivity index (χ4v) is 5.83. The molecule has 3 heteroatoms. The topological polar surface area (TPSA) is 18.8 Å². The molecule has 0 N–H and O–H groups in total. The van der Waals surface area contributed by atoms with E-state index in [4.69, 9.17) is 4.99 Å². The zero-order valence-electron chi connectivity index (χ0n) is 27.3. The monoisotopic (exact) mass is 631 g/mol. The summed E-state index contributed by atoms with van der Waals surface area (Å²) in [7, 11) is 0. The highest BCUT2D eigenvalue weighted by Gasteiger charge is 2.12. The minimum Gasteiger partial charge on any atom is -0.311 e. The van der Waals surface area contributed by atoms with Crippen molar-refractivity contribution in [3.05, 3.63) is 216 Å². The first-order valence-corrected chi connectivity index (χ1v) is 16.6. The van der Waals surface area contributed by atoms with Crippen molar-refractivity contribution in [2.45, 2.75) is 6.54 Å². The largest absolute Gasteiger partial charge is 0.311 e. The highest BCUT2D eigenvalue weighted by Crippen LogP contribution is 2.35. The van der Waals surface area contributed by atoms with Crippen LogP contribution in [0.25, 0.3) is 12.2 Å². The van der Waals surface area contributed by atoms with Gasteiger partial charge in [0, 0.05) is 40.3 Å². The van der Waals surface area contributed by atoms with Gasteiger partial charge in [0.05, 0.1) is 6.54 Å². The lowest BCUT2D eigenvalue weighted by atomic mass is 10.1. The summed E-state index contributed by atoms with van der Waals surface area (Å²) < 4.78 is 0. The van der Waals surface area contributed by atoms with E-state index < -0.39 is 0 Å². The van der Waals surface area contributed by atoms with Crippen LogP contribution in [-0.4, -0.2) is 6.21 Å². The van der Waals surface area contributed by atoms with E-state index in [9.17, 15) is 0 Å². The zero-order chi connectivity index (χ0) is 33.1. The highest BCUT2D eigenvalue weighted by atomic mass is 15.1. The third-order valence-electron chi connectivity index (χ3n) is 8.32. The number of nitrogens with zero attached hydrogens (tertiary/aromatic N) is 3. The molecule has 0 saturated heterocycles. The molecule has 0 aliphatic heterocycles. The van der Waals surface area contributed by atoms with Crippen molar-refractivity contribution in [2.24, 2.45) is 4.99 Å². The number of para-hydroxylation sites is 4. The van der Waals surface area contributed by atoms with Gasteiger partial charge in [0.1, 0.15) is 0 Å². The van der Waals surface area contributed by atoms with E-state index in [1.165, 1.54) is 5.56 Å². The van der Waals surface area contributed by atoms with Crippen LogP contribution in [0.15, 0.2) is 199 Å². The van der Waals surface area contributed by atoms with Crippen LogP contribution in [0.3, 0.4) is 0 Å². The van der Waals surface area contributed by atoms with Gasteiger partial charge in [0.15, 0.2) is 0 Å². The number of aliphatic imine (C=N–C) groups is 1. The van der Waals surface area contributed by atoms with Crippen LogP contribution in [0.4, 0.5) is 34.1 Å². The first-order chi connectivity index (χ1) is 24.3. The van der Waals surface area contributed by atoms with Crippen LogP contribution >= 0.6 is 0 Å². The lowest BCUT2D eigenvalue weighted by molar-refractivity contribution is 1.08. The van der Waals surface area contributed by atoms with Gasteiger partial charge in [-0.05, 0) is 95.1 Å². The Hall–Kier alpha value is -6.45. The Morgan fingerprint density at radius 3 is 1.00 bits per heavy atom. The molecule has 0 unspecified atom stereocenters. The summed E-state index contributed by atoms with van der Waals surface area (Å²) in [5, 5.41) is 0. The summed E-state index contributed by atoms with van der Waals surface area (Å²) >= 11 is 0. The maximum atomic E-state index is 4.73. The minimum atomic E-state index is 0.632. The molecule has 0 heterocycles. The average molecular weight is 632 g/mol. The second-order valence-corrected chi connectivity index (χ2v) is 11.7. The summed E-state index contributed by atoms with van der Waals surface area (Å²) in [5.74, 6) is 0. The van der Waals surface area contributed by atoms with Crippen molar-refractivity contribution in [3.8, 4) is 0 Å². The standard InChI is InChI=1S/C46H37N3/c1-5-13-41(14-6-1)48(42-15-7-2-8-16-42)45-31-27-38(28-32-45)22-21-37-23-25-39(26-24-37)35-47-36-40-29-33-46(34-30-40)49(43-17-9-3-10-18-43)44-19-11-4-12-20-44/h1-34,36H,35H2. The van der Waals surface area contributed by atoms with E-state index in [2.05, 4.69) is 192 Å². The predicted molar refractivity (Wildman–Crippen MR) is 209 cm³/mol. The molecule has 0 aliphatic rings. The number of benzene rings is 7. The molecule has 49 heavy (non-hydrogen) atoms. The molecule has 0 aromatic heterocycles. The Balaban J connectivity index is 0.974. The first kappa shape index (κ1) is 31.2. The molecule has 236 valence electrons. The van der Waals surface area contributed by atoms with Crippen molar-refractivity contribution in [2.75, 3.05) is 9.80 Å². The lowest BCUT2D eigenvalue weighted by Crippen LogP contribution is -2.09. The van der Waals surface area contributed by atoms with Crippen LogP contribution in [0.2, 0.25) is 0 Å². The molecular formula is C46H37N3. The van der Waals surface area contributed by atoms with E-state index in [1.54, 1.807) is 0 Å². The van der Waals surface area contributed by atoms with Gasteiger partial charge in [-0.15, -0.1) is 0 Å². The van der Waals surface area contributed by atoms with Crippen molar-refractivity contribution in [1.29, 1.82) is 0 Å². The van der Waals surface area contributed by atoms with Crippen LogP contribution < -0.4 is 9.80 Å². The van der Waals surface area contributed by atoms with Gasteiger partial charge in [0.2, 0.25) is 0 Å².